The molecule has 0 amide bonds. The number of hydrogen-bond donors (Lipinski definition) is 1. The fourth-order valence-corrected chi connectivity index (χ4v) is 1.84. The smallest absolute Gasteiger partial charge is 0.0509 e. The minimum atomic E-state index is 0.729. The van der Waals surface area contributed by atoms with Gasteiger partial charge in [-0.3, -0.25) is 0 Å². The molecule has 2 aromatic rings. The van der Waals surface area contributed by atoms with Crippen LogP contribution in [0.4, 0.5) is 5.69 Å². The summed E-state index contributed by atoms with van der Waals surface area (Å²) in [5.41, 5.74) is 4.22. The SMILES string of the molecule is CNc1cccc(C)c1C#Cc1ccc(Cl)cc1. The van der Waals surface area contributed by atoms with E-state index in [1.54, 1.807) is 0 Å². The second-order valence-corrected chi connectivity index (χ2v) is 4.44. The molecule has 0 aliphatic rings. The summed E-state index contributed by atoms with van der Waals surface area (Å²) < 4.78 is 0. The van der Waals surface area contributed by atoms with E-state index in [0.717, 1.165) is 21.8 Å². The van der Waals surface area contributed by atoms with E-state index < -0.39 is 0 Å². The molecule has 0 saturated heterocycles. The molecule has 0 bridgehead atoms. The van der Waals surface area contributed by atoms with Gasteiger partial charge in [-0.05, 0) is 42.8 Å². The van der Waals surface area contributed by atoms with Gasteiger partial charge >= 0.3 is 0 Å². The molecule has 0 aromatic heterocycles. The lowest BCUT2D eigenvalue weighted by atomic mass is 10.1. The van der Waals surface area contributed by atoms with Crippen molar-refractivity contribution in [2.45, 2.75) is 6.92 Å². The van der Waals surface area contributed by atoms with Crippen molar-refractivity contribution in [3.63, 3.8) is 0 Å². The van der Waals surface area contributed by atoms with E-state index in [-0.39, 0.29) is 0 Å². The molecule has 1 N–H and O–H groups in total. The highest BCUT2D eigenvalue weighted by Gasteiger charge is 2.00. The summed E-state index contributed by atoms with van der Waals surface area (Å²) in [7, 11) is 1.91. The minimum absolute atomic E-state index is 0.729. The van der Waals surface area contributed by atoms with Crippen LogP contribution in [0.25, 0.3) is 0 Å². The topological polar surface area (TPSA) is 12.0 Å². The number of hydrogen-bond acceptors (Lipinski definition) is 1. The first-order valence-corrected chi connectivity index (χ1v) is 6.13. The standard InChI is InChI=1S/C16H14ClN/c1-12-4-3-5-16(18-2)15(12)11-8-13-6-9-14(17)10-7-13/h3-7,9-10,18H,1-2H3. The molecule has 18 heavy (non-hydrogen) atoms. The first-order chi connectivity index (χ1) is 8.70. The van der Waals surface area contributed by atoms with Gasteiger partial charge in [0.1, 0.15) is 0 Å². The number of anilines is 1. The normalized spacial score (nSPS) is 9.50. The zero-order valence-corrected chi connectivity index (χ0v) is 11.2. The summed E-state index contributed by atoms with van der Waals surface area (Å²) in [6.07, 6.45) is 0. The molecule has 0 spiro atoms. The van der Waals surface area contributed by atoms with Crippen molar-refractivity contribution in [3.05, 3.63) is 64.2 Å². The fraction of sp³-hybridized carbons (Fsp3) is 0.125. The van der Waals surface area contributed by atoms with E-state index in [9.17, 15) is 0 Å². The van der Waals surface area contributed by atoms with Gasteiger partial charge in [-0.15, -0.1) is 0 Å². The maximum atomic E-state index is 5.84. The number of nitrogens with one attached hydrogen (secondary N) is 1. The summed E-state index contributed by atoms with van der Waals surface area (Å²) in [6, 6.07) is 13.7. The van der Waals surface area contributed by atoms with Crippen LogP contribution in [0, 0.1) is 18.8 Å². The molecule has 0 unspecified atom stereocenters. The van der Waals surface area contributed by atoms with Crippen LogP contribution in [0.15, 0.2) is 42.5 Å². The van der Waals surface area contributed by atoms with E-state index in [1.165, 1.54) is 5.56 Å². The van der Waals surface area contributed by atoms with E-state index in [0.29, 0.717) is 0 Å². The van der Waals surface area contributed by atoms with Crippen molar-refractivity contribution in [1.29, 1.82) is 0 Å². The second kappa shape index (κ2) is 5.62. The molecule has 90 valence electrons. The van der Waals surface area contributed by atoms with Gasteiger partial charge in [0.15, 0.2) is 0 Å². The van der Waals surface area contributed by atoms with E-state index in [4.69, 9.17) is 11.6 Å². The highest BCUT2D eigenvalue weighted by atomic mass is 35.5. The molecular formula is C16H14ClN. The predicted octanol–water partition coefficient (Wildman–Crippen LogP) is 4.09. The monoisotopic (exact) mass is 255 g/mol. The quantitative estimate of drug-likeness (QED) is 0.757. The summed E-state index contributed by atoms with van der Waals surface area (Å²) in [5.74, 6) is 6.37. The van der Waals surface area contributed by atoms with Gasteiger partial charge in [0.25, 0.3) is 0 Å². The molecule has 0 atom stereocenters. The van der Waals surface area contributed by atoms with Crippen LogP contribution >= 0.6 is 11.6 Å². The summed E-state index contributed by atoms with van der Waals surface area (Å²) in [6.45, 7) is 2.06. The number of aryl methyl sites for hydroxylation is 1. The van der Waals surface area contributed by atoms with Crippen LogP contribution in [0.2, 0.25) is 5.02 Å². The van der Waals surface area contributed by atoms with Gasteiger partial charge < -0.3 is 5.32 Å². The predicted molar refractivity (Wildman–Crippen MR) is 78.2 cm³/mol. The molecule has 0 fully saturated rings. The van der Waals surface area contributed by atoms with Crippen LogP contribution in [-0.2, 0) is 0 Å². The Morgan fingerprint density at radius 3 is 2.39 bits per heavy atom. The van der Waals surface area contributed by atoms with Crippen LogP contribution < -0.4 is 5.32 Å². The van der Waals surface area contributed by atoms with E-state index in [2.05, 4.69) is 30.1 Å². The first kappa shape index (κ1) is 12.5. The zero-order valence-electron chi connectivity index (χ0n) is 10.4. The molecule has 2 aromatic carbocycles. The molecule has 0 aliphatic carbocycles. The van der Waals surface area contributed by atoms with Crippen molar-refractivity contribution in [2.75, 3.05) is 12.4 Å². The zero-order chi connectivity index (χ0) is 13.0. The highest BCUT2D eigenvalue weighted by Crippen LogP contribution is 2.18. The van der Waals surface area contributed by atoms with Gasteiger partial charge in [-0.2, -0.15) is 0 Å². The summed E-state index contributed by atoms with van der Waals surface area (Å²) in [5, 5.41) is 3.89. The Morgan fingerprint density at radius 2 is 1.72 bits per heavy atom. The Hall–Kier alpha value is -1.91. The number of halogens is 1. The highest BCUT2D eigenvalue weighted by molar-refractivity contribution is 6.30. The Bertz CT molecular complexity index is 603. The number of rotatable bonds is 1. The third kappa shape index (κ3) is 2.85. The average molecular weight is 256 g/mol. The van der Waals surface area contributed by atoms with Gasteiger partial charge in [-0.25, -0.2) is 0 Å². The molecular weight excluding hydrogens is 242 g/mol. The molecule has 0 aliphatic heterocycles. The minimum Gasteiger partial charge on any atom is -0.387 e. The molecule has 0 radical (unpaired) electrons. The largest absolute Gasteiger partial charge is 0.387 e. The molecule has 1 nitrogen and oxygen atoms in total. The molecule has 0 saturated carbocycles. The molecule has 2 rings (SSSR count). The van der Waals surface area contributed by atoms with Crippen LogP contribution in [0.1, 0.15) is 16.7 Å². The summed E-state index contributed by atoms with van der Waals surface area (Å²) >= 11 is 5.84. The van der Waals surface area contributed by atoms with Gasteiger partial charge in [0.05, 0.1) is 5.56 Å². The van der Waals surface area contributed by atoms with Crippen molar-refractivity contribution >= 4 is 17.3 Å². The van der Waals surface area contributed by atoms with Gasteiger partial charge in [-0.1, -0.05) is 35.6 Å². The Kier molecular flexibility index (Phi) is 3.92. The fourth-order valence-electron chi connectivity index (χ4n) is 1.71. The van der Waals surface area contributed by atoms with E-state index >= 15 is 0 Å². The lowest BCUT2D eigenvalue weighted by molar-refractivity contribution is 1.40. The first-order valence-electron chi connectivity index (χ1n) is 5.75. The molecule has 2 heteroatoms. The third-order valence-corrected chi connectivity index (χ3v) is 2.97. The van der Waals surface area contributed by atoms with Crippen molar-refractivity contribution in [1.82, 2.24) is 0 Å². The van der Waals surface area contributed by atoms with Crippen molar-refractivity contribution in [2.24, 2.45) is 0 Å². The van der Waals surface area contributed by atoms with Crippen molar-refractivity contribution < 1.29 is 0 Å². The maximum Gasteiger partial charge on any atom is 0.0509 e. The van der Waals surface area contributed by atoms with Gasteiger partial charge in [0.2, 0.25) is 0 Å². The lowest BCUT2D eigenvalue weighted by Crippen LogP contribution is -1.94. The maximum absolute atomic E-state index is 5.84. The Labute approximate surface area is 113 Å². The average Bonchev–Trinajstić information content (AvgIpc) is 2.39. The summed E-state index contributed by atoms with van der Waals surface area (Å²) in [4.78, 5) is 0. The number of benzene rings is 2. The van der Waals surface area contributed by atoms with Crippen molar-refractivity contribution in [3.8, 4) is 11.8 Å². The van der Waals surface area contributed by atoms with E-state index in [1.807, 2.05) is 43.4 Å². The van der Waals surface area contributed by atoms with Gasteiger partial charge in [0, 0.05) is 23.3 Å². The molecule has 0 heterocycles. The second-order valence-electron chi connectivity index (χ2n) is 4.00. The Morgan fingerprint density at radius 1 is 1.00 bits per heavy atom. The van der Waals surface area contributed by atoms with Crippen LogP contribution in [-0.4, -0.2) is 7.05 Å². The Balaban J connectivity index is 2.38. The van der Waals surface area contributed by atoms with Crippen LogP contribution in [0.5, 0.6) is 0 Å². The third-order valence-electron chi connectivity index (χ3n) is 2.72. The lowest BCUT2D eigenvalue weighted by Gasteiger charge is -2.05. The van der Waals surface area contributed by atoms with Crippen LogP contribution in [0.3, 0.4) is 0 Å².